The van der Waals surface area contributed by atoms with E-state index in [1.54, 1.807) is 12.3 Å². The van der Waals surface area contributed by atoms with Crippen LogP contribution in [0.25, 0.3) is 11.0 Å². The summed E-state index contributed by atoms with van der Waals surface area (Å²) < 4.78 is 0. The Kier molecular flexibility index (Phi) is 3.89. The molecule has 1 unspecified atom stereocenters. The molecule has 0 bridgehead atoms. The summed E-state index contributed by atoms with van der Waals surface area (Å²) in [5.41, 5.74) is 3.17. The van der Waals surface area contributed by atoms with E-state index < -0.39 is 0 Å². The second kappa shape index (κ2) is 6.00. The van der Waals surface area contributed by atoms with Gasteiger partial charge in [0.15, 0.2) is 0 Å². The third kappa shape index (κ3) is 2.70. The van der Waals surface area contributed by atoms with Gasteiger partial charge in [0.1, 0.15) is 17.6 Å². The molecular weight excluding hydrogens is 292 g/mol. The van der Waals surface area contributed by atoms with Crippen molar-refractivity contribution in [3.05, 3.63) is 59.2 Å². The third-order valence-electron chi connectivity index (χ3n) is 3.87. The second-order valence-corrected chi connectivity index (χ2v) is 5.27. The maximum Gasteiger partial charge on any atom is 0.269 e. The minimum Gasteiger partial charge on any atom is -0.354 e. The van der Waals surface area contributed by atoms with Crippen LogP contribution in [0.3, 0.4) is 0 Å². The van der Waals surface area contributed by atoms with E-state index in [9.17, 15) is 9.59 Å². The van der Waals surface area contributed by atoms with E-state index in [1.807, 2.05) is 25.3 Å². The van der Waals surface area contributed by atoms with E-state index in [1.165, 1.54) is 13.1 Å². The van der Waals surface area contributed by atoms with Gasteiger partial charge < -0.3 is 10.3 Å². The van der Waals surface area contributed by atoms with Crippen molar-refractivity contribution in [1.82, 2.24) is 20.3 Å². The summed E-state index contributed by atoms with van der Waals surface area (Å²) >= 11 is 0. The Morgan fingerprint density at radius 1 is 1.35 bits per heavy atom. The minimum atomic E-state index is -0.316. The van der Waals surface area contributed by atoms with Crippen LogP contribution >= 0.6 is 0 Å². The van der Waals surface area contributed by atoms with E-state index in [4.69, 9.17) is 0 Å². The average Bonchev–Trinajstić information content (AvgIpc) is 3.08. The Labute approximate surface area is 133 Å². The lowest BCUT2D eigenvalue weighted by Crippen LogP contribution is -2.20. The quantitative estimate of drug-likeness (QED) is 0.724. The molecule has 1 atom stereocenters. The van der Waals surface area contributed by atoms with Crippen molar-refractivity contribution in [3.63, 3.8) is 0 Å². The van der Waals surface area contributed by atoms with Gasteiger partial charge in [-0.05, 0) is 29.8 Å². The second-order valence-electron chi connectivity index (χ2n) is 5.27. The first kappa shape index (κ1) is 14.9. The number of aldehydes is 1. The fourth-order valence-corrected chi connectivity index (χ4v) is 2.63. The highest BCUT2D eigenvalue weighted by molar-refractivity contribution is 5.93. The maximum absolute atomic E-state index is 11.9. The lowest BCUT2D eigenvalue weighted by Gasteiger charge is -2.14. The molecule has 0 aliphatic rings. The number of H-pyrrole nitrogens is 1. The predicted octanol–water partition coefficient (Wildman–Crippen LogP) is 2.28. The number of aromatic nitrogens is 3. The van der Waals surface area contributed by atoms with Gasteiger partial charge in [-0.3, -0.25) is 9.59 Å². The van der Waals surface area contributed by atoms with Gasteiger partial charge in [-0.25, -0.2) is 9.97 Å². The summed E-state index contributed by atoms with van der Waals surface area (Å²) in [6.45, 7) is 1.99. The molecule has 3 aromatic heterocycles. The largest absolute Gasteiger partial charge is 0.354 e. The molecule has 2 N–H and O–H groups in total. The number of carbonyl (C=O) groups excluding carboxylic acids is 2. The van der Waals surface area contributed by atoms with Crippen molar-refractivity contribution in [2.75, 3.05) is 7.05 Å². The zero-order chi connectivity index (χ0) is 16.4. The highest BCUT2D eigenvalue weighted by Crippen LogP contribution is 2.28. The van der Waals surface area contributed by atoms with Crippen LogP contribution in [0.2, 0.25) is 0 Å². The van der Waals surface area contributed by atoms with Crippen LogP contribution in [0.4, 0.5) is 0 Å². The zero-order valence-corrected chi connectivity index (χ0v) is 12.8. The predicted molar refractivity (Wildman–Crippen MR) is 86.6 cm³/mol. The number of nitrogens with one attached hydrogen (secondary N) is 2. The summed E-state index contributed by atoms with van der Waals surface area (Å²) in [6.07, 6.45) is 4.29. The van der Waals surface area contributed by atoms with Crippen molar-refractivity contribution >= 4 is 23.2 Å². The average molecular weight is 308 g/mol. The van der Waals surface area contributed by atoms with Crippen molar-refractivity contribution in [1.29, 1.82) is 0 Å². The number of pyridine rings is 2. The van der Waals surface area contributed by atoms with Crippen molar-refractivity contribution in [2.45, 2.75) is 12.8 Å². The molecule has 0 spiro atoms. The Morgan fingerprint density at radius 3 is 2.91 bits per heavy atom. The van der Waals surface area contributed by atoms with Crippen LogP contribution in [0.5, 0.6) is 0 Å². The van der Waals surface area contributed by atoms with Crippen LogP contribution in [0.15, 0.2) is 36.7 Å². The van der Waals surface area contributed by atoms with Gasteiger partial charge in [0.2, 0.25) is 0 Å². The topological polar surface area (TPSA) is 87.7 Å². The first-order valence-corrected chi connectivity index (χ1v) is 7.25. The summed E-state index contributed by atoms with van der Waals surface area (Å²) in [5.74, 6) is -0.400. The number of aromatic amines is 1. The fourth-order valence-electron chi connectivity index (χ4n) is 2.63. The Balaban J connectivity index is 2.11. The molecule has 0 aliphatic heterocycles. The zero-order valence-electron chi connectivity index (χ0n) is 12.8. The van der Waals surface area contributed by atoms with E-state index in [0.717, 1.165) is 22.9 Å². The number of hydrogen-bond donors (Lipinski definition) is 2. The number of nitrogens with zero attached hydrogens (tertiary/aromatic N) is 2. The minimum absolute atomic E-state index is 0.0837. The molecule has 6 heteroatoms. The monoisotopic (exact) mass is 308 g/mol. The first-order valence-electron chi connectivity index (χ1n) is 7.25. The van der Waals surface area contributed by atoms with Crippen LogP contribution in [0, 0.1) is 0 Å². The number of rotatable bonds is 4. The summed E-state index contributed by atoms with van der Waals surface area (Å²) in [6, 6.07) is 7.08. The SMILES string of the molecule is CNC(=O)c1cc(C=O)cc(C(C)c2ccnc3[nH]ccc23)n1. The molecule has 23 heavy (non-hydrogen) atoms. The molecule has 0 saturated carbocycles. The van der Waals surface area contributed by atoms with Gasteiger partial charge in [-0.1, -0.05) is 6.92 Å². The number of carbonyl (C=O) groups is 2. The Hall–Kier alpha value is -3.02. The smallest absolute Gasteiger partial charge is 0.269 e. The molecule has 3 aromatic rings. The summed E-state index contributed by atoms with van der Waals surface area (Å²) in [7, 11) is 1.53. The third-order valence-corrected chi connectivity index (χ3v) is 3.87. The molecule has 0 radical (unpaired) electrons. The van der Waals surface area contributed by atoms with Gasteiger partial charge in [0, 0.05) is 42.0 Å². The number of hydrogen-bond acceptors (Lipinski definition) is 4. The standard InChI is InChI=1S/C17H16N4O2/c1-10(12-3-5-19-16-13(12)4-6-20-16)14-7-11(9-22)8-15(21-14)17(23)18-2/h3-10H,1-2H3,(H,18,23)(H,19,20). The van der Waals surface area contributed by atoms with E-state index in [2.05, 4.69) is 20.3 Å². The molecule has 116 valence electrons. The Bertz CT molecular complexity index is 885. The summed E-state index contributed by atoms with van der Waals surface area (Å²) in [4.78, 5) is 34.8. The van der Waals surface area contributed by atoms with Crippen LogP contribution < -0.4 is 5.32 Å². The van der Waals surface area contributed by atoms with Crippen LogP contribution in [-0.2, 0) is 0 Å². The lowest BCUT2D eigenvalue weighted by atomic mass is 9.94. The molecule has 6 nitrogen and oxygen atoms in total. The van der Waals surface area contributed by atoms with Crippen molar-refractivity contribution in [2.24, 2.45) is 0 Å². The van der Waals surface area contributed by atoms with Gasteiger partial charge in [0.05, 0.1) is 0 Å². The molecular formula is C17H16N4O2. The highest BCUT2D eigenvalue weighted by atomic mass is 16.1. The van der Waals surface area contributed by atoms with Gasteiger partial charge in [-0.15, -0.1) is 0 Å². The Morgan fingerprint density at radius 2 is 2.17 bits per heavy atom. The van der Waals surface area contributed by atoms with E-state index >= 15 is 0 Å². The normalized spacial score (nSPS) is 12.1. The van der Waals surface area contributed by atoms with Gasteiger partial charge in [-0.2, -0.15) is 0 Å². The summed E-state index contributed by atoms with van der Waals surface area (Å²) in [5, 5.41) is 3.53. The number of fused-ring (bicyclic) bond motifs is 1. The molecule has 0 aromatic carbocycles. The molecule has 1 amide bonds. The van der Waals surface area contributed by atoms with Crippen LogP contribution in [0.1, 0.15) is 44.9 Å². The highest BCUT2D eigenvalue weighted by Gasteiger charge is 2.17. The van der Waals surface area contributed by atoms with Crippen molar-refractivity contribution in [3.8, 4) is 0 Å². The lowest BCUT2D eigenvalue weighted by molar-refractivity contribution is 0.0958. The molecule has 0 aliphatic carbocycles. The molecule has 0 saturated heterocycles. The van der Waals surface area contributed by atoms with Crippen LogP contribution in [-0.4, -0.2) is 34.2 Å². The number of amides is 1. The first-order chi connectivity index (χ1) is 11.1. The molecule has 3 heterocycles. The van der Waals surface area contributed by atoms with Crippen molar-refractivity contribution < 1.29 is 9.59 Å². The molecule has 0 fully saturated rings. The molecule has 3 rings (SSSR count). The van der Waals surface area contributed by atoms with Gasteiger partial charge >= 0.3 is 0 Å². The van der Waals surface area contributed by atoms with E-state index in [0.29, 0.717) is 11.3 Å². The maximum atomic E-state index is 11.9. The van der Waals surface area contributed by atoms with E-state index in [-0.39, 0.29) is 17.5 Å². The van der Waals surface area contributed by atoms with Gasteiger partial charge in [0.25, 0.3) is 5.91 Å². The fraction of sp³-hybridized carbons (Fsp3) is 0.176.